The summed E-state index contributed by atoms with van der Waals surface area (Å²) in [6, 6.07) is 0.130. The first-order chi connectivity index (χ1) is 8.87. The summed E-state index contributed by atoms with van der Waals surface area (Å²) in [6.45, 7) is 9.84. The molecule has 2 N–H and O–H groups in total. The highest BCUT2D eigenvalue weighted by molar-refractivity contribution is 5.85. The van der Waals surface area contributed by atoms with Gasteiger partial charge in [0.15, 0.2) is 0 Å². The molecule has 1 aromatic rings. The van der Waals surface area contributed by atoms with Crippen LogP contribution in [0, 0.1) is 0 Å². The number of piperazine rings is 1. The number of carbonyl (C=O) groups excluding carboxylic acids is 1. The second-order valence-electron chi connectivity index (χ2n) is 5.74. The van der Waals surface area contributed by atoms with Crippen molar-refractivity contribution in [1.82, 2.24) is 20.8 Å². The van der Waals surface area contributed by atoms with Gasteiger partial charge in [0.2, 0.25) is 11.8 Å². The lowest BCUT2D eigenvalue weighted by atomic mass is 10.1. The average Bonchev–Trinajstić information content (AvgIpc) is 2.78. The van der Waals surface area contributed by atoms with Crippen LogP contribution >= 0.6 is 0 Å². The van der Waals surface area contributed by atoms with Crippen molar-refractivity contribution in [3.63, 3.8) is 0 Å². The molecule has 0 bridgehead atoms. The first kappa shape index (κ1) is 13.8. The van der Waals surface area contributed by atoms with Gasteiger partial charge in [-0.1, -0.05) is 5.10 Å². The minimum absolute atomic E-state index is 0.00701. The number of nitrogens with one attached hydrogen (secondary N) is 2. The van der Waals surface area contributed by atoms with Crippen molar-refractivity contribution >= 4 is 11.9 Å². The first-order valence-electron chi connectivity index (χ1n) is 6.48. The molecule has 0 aromatic carbocycles. The maximum atomic E-state index is 11.6. The van der Waals surface area contributed by atoms with Crippen LogP contribution in [0.5, 0.6) is 0 Å². The Balaban J connectivity index is 2.02. The van der Waals surface area contributed by atoms with E-state index in [1.807, 2.05) is 11.8 Å². The van der Waals surface area contributed by atoms with E-state index < -0.39 is 0 Å². The van der Waals surface area contributed by atoms with E-state index in [2.05, 4.69) is 41.6 Å². The monoisotopic (exact) mass is 267 g/mol. The topological polar surface area (TPSA) is 83.3 Å². The number of hydrogen-bond donors (Lipinski definition) is 2. The predicted octanol–water partition coefficient (Wildman–Crippen LogP) is 0.282. The molecule has 1 aromatic heterocycles. The molecule has 1 fully saturated rings. The lowest BCUT2D eigenvalue weighted by molar-refractivity contribution is -0.123. The molecule has 0 aliphatic carbocycles. The highest BCUT2D eigenvalue weighted by Crippen LogP contribution is 2.17. The fourth-order valence-corrected chi connectivity index (χ4v) is 1.82. The number of carbonyl (C=O) groups is 1. The van der Waals surface area contributed by atoms with Crippen LogP contribution in [0.4, 0.5) is 6.01 Å². The third kappa shape index (κ3) is 3.44. The van der Waals surface area contributed by atoms with Gasteiger partial charge < -0.3 is 20.0 Å². The van der Waals surface area contributed by atoms with Gasteiger partial charge in [-0.05, 0) is 27.7 Å². The maximum absolute atomic E-state index is 11.6. The van der Waals surface area contributed by atoms with E-state index in [0.717, 1.165) is 0 Å². The Kier molecular flexibility index (Phi) is 3.75. The molecular weight excluding hydrogens is 246 g/mol. The molecule has 1 amide bonds. The Labute approximate surface area is 112 Å². The lowest BCUT2D eigenvalue weighted by Crippen LogP contribution is -2.54. The van der Waals surface area contributed by atoms with Crippen molar-refractivity contribution in [2.45, 2.75) is 45.8 Å². The largest absolute Gasteiger partial charge is 0.407 e. The minimum atomic E-state index is -0.280. The molecule has 1 aliphatic rings. The Morgan fingerprint density at radius 2 is 2.21 bits per heavy atom. The SMILES string of the molecule is CC1C(=O)NCCN1c1nnc(CNC(C)(C)C)o1. The minimum Gasteiger partial charge on any atom is -0.407 e. The molecule has 106 valence electrons. The number of rotatable bonds is 3. The lowest BCUT2D eigenvalue weighted by Gasteiger charge is -2.30. The van der Waals surface area contributed by atoms with Crippen LogP contribution in [0.2, 0.25) is 0 Å². The fourth-order valence-electron chi connectivity index (χ4n) is 1.82. The van der Waals surface area contributed by atoms with E-state index >= 15 is 0 Å². The van der Waals surface area contributed by atoms with Crippen LogP contribution in [-0.2, 0) is 11.3 Å². The van der Waals surface area contributed by atoms with Crippen LogP contribution in [0.1, 0.15) is 33.6 Å². The summed E-state index contributed by atoms with van der Waals surface area (Å²) in [6.07, 6.45) is 0. The Morgan fingerprint density at radius 1 is 1.47 bits per heavy atom. The van der Waals surface area contributed by atoms with E-state index in [-0.39, 0.29) is 17.5 Å². The van der Waals surface area contributed by atoms with Crippen molar-refractivity contribution in [2.75, 3.05) is 18.0 Å². The van der Waals surface area contributed by atoms with Gasteiger partial charge in [0.25, 0.3) is 0 Å². The van der Waals surface area contributed by atoms with E-state index in [9.17, 15) is 4.79 Å². The number of nitrogens with zero attached hydrogens (tertiary/aromatic N) is 3. The zero-order valence-electron chi connectivity index (χ0n) is 11.9. The highest BCUT2D eigenvalue weighted by Gasteiger charge is 2.29. The van der Waals surface area contributed by atoms with Gasteiger partial charge in [0.1, 0.15) is 6.04 Å². The smallest absolute Gasteiger partial charge is 0.318 e. The van der Waals surface area contributed by atoms with Crippen molar-refractivity contribution < 1.29 is 9.21 Å². The number of amides is 1. The second-order valence-corrected chi connectivity index (χ2v) is 5.74. The van der Waals surface area contributed by atoms with E-state index in [1.54, 1.807) is 0 Å². The third-order valence-corrected chi connectivity index (χ3v) is 2.97. The van der Waals surface area contributed by atoms with Crippen molar-refractivity contribution in [1.29, 1.82) is 0 Å². The van der Waals surface area contributed by atoms with Crippen molar-refractivity contribution in [2.24, 2.45) is 0 Å². The summed E-state index contributed by atoms with van der Waals surface area (Å²) in [5.74, 6) is 0.516. The van der Waals surface area contributed by atoms with Crippen LogP contribution in [-0.4, -0.2) is 40.8 Å². The molecule has 7 heteroatoms. The summed E-state index contributed by atoms with van der Waals surface area (Å²) >= 11 is 0. The van der Waals surface area contributed by atoms with Crippen molar-refractivity contribution in [3.8, 4) is 0 Å². The molecule has 0 spiro atoms. The number of hydrogen-bond acceptors (Lipinski definition) is 6. The van der Waals surface area contributed by atoms with Gasteiger partial charge in [-0.15, -0.1) is 5.10 Å². The van der Waals surface area contributed by atoms with E-state index in [0.29, 0.717) is 31.5 Å². The molecule has 0 saturated carbocycles. The van der Waals surface area contributed by atoms with Gasteiger partial charge >= 0.3 is 6.01 Å². The quantitative estimate of drug-likeness (QED) is 0.818. The summed E-state index contributed by atoms with van der Waals surface area (Å²) in [5.41, 5.74) is -0.00701. The summed E-state index contributed by atoms with van der Waals surface area (Å²) in [7, 11) is 0. The van der Waals surface area contributed by atoms with Crippen LogP contribution < -0.4 is 15.5 Å². The van der Waals surface area contributed by atoms with Gasteiger partial charge in [-0.2, -0.15) is 0 Å². The predicted molar refractivity (Wildman–Crippen MR) is 70.7 cm³/mol. The molecule has 1 atom stereocenters. The average molecular weight is 267 g/mol. The van der Waals surface area contributed by atoms with E-state index in [1.165, 1.54) is 0 Å². The molecule has 0 radical (unpaired) electrons. The zero-order valence-corrected chi connectivity index (χ0v) is 11.9. The van der Waals surface area contributed by atoms with Crippen LogP contribution in [0.25, 0.3) is 0 Å². The van der Waals surface area contributed by atoms with E-state index in [4.69, 9.17) is 4.42 Å². The fraction of sp³-hybridized carbons (Fsp3) is 0.750. The normalized spacial score (nSPS) is 20.5. The summed E-state index contributed by atoms with van der Waals surface area (Å²) in [4.78, 5) is 13.4. The van der Waals surface area contributed by atoms with Crippen molar-refractivity contribution in [3.05, 3.63) is 5.89 Å². The summed E-state index contributed by atoms with van der Waals surface area (Å²) in [5, 5.41) is 14.1. The highest BCUT2D eigenvalue weighted by atomic mass is 16.4. The molecule has 1 aliphatic heterocycles. The Bertz CT molecular complexity index is 451. The first-order valence-corrected chi connectivity index (χ1v) is 6.48. The van der Waals surface area contributed by atoms with Gasteiger partial charge in [-0.25, -0.2) is 0 Å². The van der Waals surface area contributed by atoms with Gasteiger partial charge in [0, 0.05) is 18.6 Å². The molecule has 2 rings (SSSR count). The second kappa shape index (κ2) is 5.16. The van der Waals surface area contributed by atoms with Crippen LogP contribution in [0.3, 0.4) is 0 Å². The molecule has 19 heavy (non-hydrogen) atoms. The molecule has 7 nitrogen and oxygen atoms in total. The third-order valence-electron chi connectivity index (χ3n) is 2.97. The molecule has 1 unspecified atom stereocenters. The number of anilines is 1. The molecule has 2 heterocycles. The molecule has 1 saturated heterocycles. The Hall–Kier alpha value is -1.63. The molecular formula is C12H21N5O2. The standard InChI is InChI=1S/C12H21N5O2/c1-8-10(18)13-5-6-17(8)11-16-15-9(19-11)7-14-12(2,3)4/h8,14H,5-7H2,1-4H3,(H,13,18). The van der Waals surface area contributed by atoms with Gasteiger partial charge in [-0.3, -0.25) is 4.79 Å². The number of aromatic nitrogens is 2. The zero-order chi connectivity index (χ0) is 14.0. The Morgan fingerprint density at radius 3 is 2.89 bits per heavy atom. The maximum Gasteiger partial charge on any atom is 0.318 e. The summed E-state index contributed by atoms with van der Waals surface area (Å²) < 4.78 is 5.60. The van der Waals surface area contributed by atoms with Crippen LogP contribution in [0.15, 0.2) is 4.42 Å². The van der Waals surface area contributed by atoms with Gasteiger partial charge in [0.05, 0.1) is 6.54 Å².